The van der Waals surface area contributed by atoms with Crippen LogP contribution in [0.3, 0.4) is 0 Å². The van der Waals surface area contributed by atoms with Crippen molar-refractivity contribution in [3.8, 4) is 11.1 Å². The van der Waals surface area contributed by atoms with Gasteiger partial charge in [-0.1, -0.05) is 6.07 Å². The van der Waals surface area contributed by atoms with E-state index in [1.54, 1.807) is 31.9 Å². The highest BCUT2D eigenvalue weighted by Gasteiger charge is 2.37. The molecule has 4 rings (SSSR count). The van der Waals surface area contributed by atoms with Gasteiger partial charge in [0, 0.05) is 37.2 Å². The zero-order valence-electron chi connectivity index (χ0n) is 17.5. The highest BCUT2D eigenvalue weighted by Crippen LogP contribution is 2.41. The molecule has 1 aromatic carbocycles. The molecular weight excluding hydrogens is 380 g/mol. The molecule has 2 aromatic heterocycles. The summed E-state index contributed by atoms with van der Waals surface area (Å²) < 4.78 is 5.07. The topological polar surface area (TPSA) is 93.1 Å². The molecule has 0 aliphatic carbocycles. The van der Waals surface area contributed by atoms with Gasteiger partial charge < -0.3 is 15.0 Å². The molecule has 0 bridgehead atoms. The molecule has 30 heavy (non-hydrogen) atoms. The Bertz CT molecular complexity index is 1080. The van der Waals surface area contributed by atoms with Crippen LogP contribution in [0.4, 0.5) is 17.3 Å². The molecule has 0 saturated carbocycles. The van der Waals surface area contributed by atoms with Gasteiger partial charge in [0.25, 0.3) is 0 Å². The number of carbonyl (C=O) groups excluding carboxylic acids is 1. The van der Waals surface area contributed by atoms with Crippen LogP contribution in [0.1, 0.15) is 28.7 Å². The number of aryl methyl sites for hydroxylation is 2. The molecule has 8 nitrogen and oxygen atoms in total. The summed E-state index contributed by atoms with van der Waals surface area (Å²) in [5, 5.41) is 3.19. The standard InChI is InChI=1S/C22H24N6O2/c1-13-7-16(17-9-25-15(3)26-10-17)8-18-21(13)22(29)14(2)28(18)20-12-23-11-19(27-20)24-5-6-30-4/h7-12,14H,5-6H2,1-4H3,(H,24,27). The molecule has 1 aliphatic rings. The van der Waals surface area contributed by atoms with Crippen LogP contribution in [0.5, 0.6) is 0 Å². The van der Waals surface area contributed by atoms with E-state index in [0.717, 1.165) is 33.8 Å². The van der Waals surface area contributed by atoms with E-state index in [9.17, 15) is 4.79 Å². The smallest absolute Gasteiger partial charge is 0.187 e. The second-order valence-electron chi connectivity index (χ2n) is 7.30. The Labute approximate surface area is 175 Å². The summed E-state index contributed by atoms with van der Waals surface area (Å²) in [6, 6.07) is 3.64. The number of aromatic nitrogens is 4. The Morgan fingerprint density at radius 1 is 1.10 bits per heavy atom. The lowest BCUT2D eigenvalue weighted by Gasteiger charge is -2.23. The van der Waals surface area contributed by atoms with Crippen molar-refractivity contribution in [2.75, 3.05) is 30.5 Å². The SMILES string of the molecule is COCCNc1cncc(N2c3cc(-c4cnc(C)nc4)cc(C)c3C(=O)C2C)n1. The fraction of sp³-hybridized carbons (Fsp3) is 0.318. The van der Waals surface area contributed by atoms with Gasteiger partial charge in [0.1, 0.15) is 11.6 Å². The van der Waals surface area contributed by atoms with Crippen LogP contribution in [0.2, 0.25) is 0 Å². The van der Waals surface area contributed by atoms with Crippen LogP contribution in [-0.2, 0) is 4.74 Å². The lowest BCUT2D eigenvalue weighted by atomic mass is 9.98. The van der Waals surface area contributed by atoms with Crippen LogP contribution in [0, 0.1) is 13.8 Å². The molecular formula is C22H24N6O2. The van der Waals surface area contributed by atoms with E-state index < -0.39 is 0 Å². The number of ether oxygens (including phenoxy) is 1. The summed E-state index contributed by atoms with van der Waals surface area (Å²) in [5.41, 5.74) is 4.33. The lowest BCUT2D eigenvalue weighted by Crippen LogP contribution is -2.29. The van der Waals surface area contributed by atoms with Crippen LogP contribution >= 0.6 is 0 Å². The molecule has 0 radical (unpaired) electrons. The average molecular weight is 404 g/mol. The maximum absolute atomic E-state index is 13.0. The Hall–Kier alpha value is -3.39. The van der Waals surface area contributed by atoms with Crippen LogP contribution in [0.25, 0.3) is 11.1 Å². The quantitative estimate of drug-likeness (QED) is 0.626. The number of carbonyl (C=O) groups is 1. The third-order valence-electron chi connectivity index (χ3n) is 5.18. The number of ketones is 1. The van der Waals surface area contributed by atoms with Crippen molar-refractivity contribution in [3.63, 3.8) is 0 Å². The number of nitrogens with one attached hydrogen (secondary N) is 1. The number of methoxy groups -OCH3 is 1. The van der Waals surface area contributed by atoms with Crippen molar-refractivity contribution in [3.05, 3.63) is 53.9 Å². The zero-order chi connectivity index (χ0) is 21.3. The average Bonchev–Trinajstić information content (AvgIpc) is 2.99. The number of nitrogens with zero attached hydrogens (tertiary/aromatic N) is 5. The molecule has 154 valence electrons. The summed E-state index contributed by atoms with van der Waals surface area (Å²) in [6.07, 6.45) is 6.94. The van der Waals surface area contributed by atoms with Crippen LogP contribution < -0.4 is 10.2 Å². The van der Waals surface area contributed by atoms with E-state index in [2.05, 4.69) is 25.3 Å². The van der Waals surface area contributed by atoms with Crippen molar-refractivity contribution < 1.29 is 9.53 Å². The summed E-state index contributed by atoms with van der Waals surface area (Å²) in [5.74, 6) is 2.05. The summed E-state index contributed by atoms with van der Waals surface area (Å²) >= 11 is 0. The first-order chi connectivity index (χ1) is 14.5. The molecule has 0 amide bonds. The highest BCUT2D eigenvalue weighted by molar-refractivity contribution is 6.14. The molecule has 3 heterocycles. The van der Waals surface area contributed by atoms with Gasteiger partial charge >= 0.3 is 0 Å². The minimum absolute atomic E-state index is 0.0775. The minimum atomic E-state index is -0.369. The normalized spacial score (nSPS) is 15.4. The Balaban J connectivity index is 1.76. The van der Waals surface area contributed by atoms with Gasteiger partial charge in [-0.3, -0.25) is 9.78 Å². The van der Waals surface area contributed by atoms with Gasteiger partial charge in [-0.15, -0.1) is 0 Å². The second kappa shape index (κ2) is 8.16. The monoisotopic (exact) mass is 404 g/mol. The van der Waals surface area contributed by atoms with Gasteiger partial charge in [-0.25, -0.2) is 15.0 Å². The fourth-order valence-corrected chi connectivity index (χ4v) is 3.68. The van der Waals surface area contributed by atoms with E-state index in [4.69, 9.17) is 4.74 Å². The Morgan fingerprint density at radius 3 is 2.60 bits per heavy atom. The zero-order valence-corrected chi connectivity index (χ0v) is 17.5. The molecule has 0 spiro atoms. The maximum Gasteiger partial charge on any atom is 0.187 e. The second-order valence-corrected chi connectivity index (χ2v) is 7.30. The van der Waals surface area contributed by atoms with E-state index in [1.165, 1.54) is 0 Å². The van der Waals surface area contributed by atoms with Gasteiger partial charge in [0.05, 0.1) is 30.7 Å². The largest absolute Gasteiger partial charge is 0.383 e. The van der Waals surface area contributed by atoms with Crippen LogP contribution in [0.15, 0.2) is 36.9 Å². The molecule has 3 aromatic rings. The number of benzene rings is 1. The summed E-state index contributed by atoms with van der Waals surface area (Å²) in [7, 11) is 1.65. The number of anilines is 3. The number of hydrogen-bond donors (Lipinski definition) is 1. The third-order valence-corrected chi connectivity index (χ3v) is 5.18. The molecule has 8 heteroatoms. The van der Waals surface area contributed by atoms with E-state index >= 15 is 0 Å². The highest BCUT2D eigenvalue weighted by atomic mass is 16.5. The van der Waals surface area contributed by atoms with Gasteiger partial charge in [-0.2, -0.15) is 0 Å². The first-order valence-corrected chi connectivity index (χ1v) is 9.81. The van der Waals surface area contributed by atoms with E-state index in [0.29, 0.717) is 24.8 Å². The predicted octanol–water partition coefficient (Wildman–Crippen LogP) is 3.33. The van der Waals surface area contributed by atoms with Crippen molar-refractivity contribution in [2.45, 2.75) is 26.8 Å². The Kier molecular flexibility index (Phi) is 5.41. The molecule has 1 N–H and O–H groups in total. The Morgan fingerprint density at radius 2 is 1.87 bits per heavy atom. The molecule has 1 atom stereocenters. The fourth-order valence-electron chi connectivity index (χ4n) is 3.68. The lowest BCUT2D eigenvalue weighted by molar-refractivity contribution is 0.0979. The van der Waals surface area contributed by atoms with Crippen molar-refractivity contribution in [1.82, 2.24) is 19.9 Å². The van der Waals surface area contributed by atoms with Gasteiger partial charge in [0.15, 0.2) is 11.6 Å². The number of rotatable bonds is 6. The summed E-state index contributed by atoms with van der Waals surface area (Å²) in [6.45, 7) is 6.89. The maximum atomic E-state index is 13.0. The van der Waals surface area contributed by atoms with E-state index in [1.807, 2.05) is 37.8 Å². The van der Waals surface area contributed by atoms with Crippen LogP contribution in [-0.4, -0.2) is 52.0 Å². The molecule has 1 unspecified atom stereocenters. The van der Waals surface area contributed by atoms with E-state index in [-0.39, 0.29) is 11.8 Å². The first-order valence-electron chi connectivity index (χ1n) is 9.81. The van der Waals surface area contributed by atoms with Crippen molar-refractivity contribution >= 4 is 23.1 Å². The molecule has 0 fully saturated rings. The first kappa shape index (κ1) is 19.9. The van der Waals surface area contributed by atoms with Gasteiger partial charge in [-0.05, 0) is 38.0 Å². The summed E-state index contributed by atoms with van der Waals surface area (Å²) in [4.78, 5) is 32.6. The minimum Gasteiger partial charge on any atom is -0.383 e. The third kappa shape index (κ3) is 3.61. The van der Waals surface area contributed by atoms with Crippen molar-refractivity contribution in [2.24, 2.45) is 0 Å². The number of hydrogen-bond acceptors (Lipinski definition) is 8. The predicted molar refractivity (Wildman–Crippen MR) is 115 cm³/mol. The molecule has 0 saturated heterocycles. The van der Waals surface area contributed by atoms with Crippen molar-refractivity contribution in [1.29, 1.82) is 0 Å². The molecule has 1 aliphatic heterocycles. The number of Topliss-reactive ketones (excluding diaryl/α,β-unsaturated/α-hetero) is 1. The number of fused-ring (bicyclic) bond motifs is 1. The van der Waals surface area contributed by atoms with Gasteiger partial charge in [0.2, 0.25) is 0 Å².